The summed E-state index contributed by atoms with van der Waals surface area (Å²) in [6.45, 7) is 0.584. The minimum Gasteiger partial charge on any atom is -0.423 e. The molecule has 128 valence electrons. The van der Waals surface area contributed by atoms with Gasteiger partial charge < -0.3 is 9.47 Å². The van der Waals surface area contributed by atoms with Gasteiger partial charge in [0.2, 0.25) is 0 Å². The van der Waals surface area contributed by atoms with Gasteiger partial charge in [0.15, 0.2) is 0 Å². The van der Waals surface area contributed by atoms with Crippen molar-refractivity contribution in [2.24, 2.45) is 0 Å². The van der Waals surface area contributed by atoms with Crippen molar-refractivity contribution in [3.8, 4) is 22.9 Å². The molecule has 0 atom stereocenters. The molecule has 3 aromatic rings. The third-order valence-electron chi connectivity index (χ3n) is 3.91. The maximum Gasteiger partial charge on any atom is 0.343 e. The van der Waals surface area contributed by atoms with Crippen LogP contribution in [0.3, 0.4) is 0 Å². The average Bonchev–Trinajstić information content (AvgIpc) is 2.69. The lowest BCUT2D eigenvalue weighted by Crippen LogP contribution is -2.08. The summed E-state index contributed by atoms with van der Waals surface area (Å²) in [7, 11) is 1.67. The number of hydrogen-bond donors (Lipinski definition) is 0. The molecule has 0 fully saturated rings. The van der Waals surface area contributed by atoms with Gasteiger partial charge in [-0.25, -0.2) is 4.79 Å². The van der Waals surface area contributed by atoms with Crippen molar-refractivity contribution in [1.82, 2.24) is 0 Å². The molecule has 0 N–H and O–H groups in total. The summed E-state index contributed by atoms with van der Waals surface area (Å²) in [5, 5.41) is 8.79. The first-order chi connectivity index (χ1) is 12.7. The Kier molecular flexibility index (Phi) is 5.43. The first kappa shape index (κ1) is 17.4. The van der Waals surface area contributed by atoms with Crippen LogP contribution in [0.4, 0.5) is 0 Å². The van der Waals surface area contributed by atoms with Gasteiger partial charge in [-0.05, 0) is 53.1 Å². The molecule has 0 bridgehead atoms. The quantitative estimate of drug-likeness (QED) is 0.502. The maximum atomic E-state index is 12.2. The van der Waals surface area contributed by atoms with Crippen molar-refractivity contribution in [2.75, 3.05) is 7.11 Å². The van der Waals surface area contributed by atoms with Crippen molar-refractivity contribution in [3.63, 3.8) is 0 Å². The molecule has 26 heavy (non-hydrogen) atoms. The number of esters is 1. The fraction of sp³-hybridized carbons (Fsp3) is 0.0909. The Morgan fingerprint density at radius 1 is 0.885 bits per heavy atom. The number of ether oxygens (including phenoxy) is 2. The van der Waals surface area contributed by atoms with Crippen LogP contribution in [0.5, 0.6) is 5.75 Å². The summed E-state index contributed by atoms with van der Waals surface area (Å²) in [6, 6.07) is 23.8. The highest BCUT2D eigenvalue weighted by Crippen LogP contribution is 2.21. The molecule has 0 unspecified atom stereocenters. The van der Waals surface area contributed by atoms with E-state index in [2.05, 4.69) is 0 Å². The number of nitriles is 1. The number of methoxy groups -OCH3 is 1. The van der Waals surface area contributed by atoms with Gasteiger partial charge in [-0.3, -0.25) is 0 Å². The lowest BCUT2D eigenvalue weighted by Gasteiger charge is -2.07. The van der Waals surface area contributed by atoms with Crippen LogP contribution in [-0.2, 0) is 11.3 Å². The van der Waals surface area contributed by atoms with E-state index in [0.29, 0.717) is 23.5 Å². The molecular weight excluding hydrogens is 326 g/mol. The molecule has 0 heterocycles. The number of benzene rings is 3. The number of carbonyl (C=O) groups excluding carboxylic acids is 1. The first-order valence-electron chi connectivity index (χ1n) is 8.10. The van der Waals surface area contributed by atoms with Crippen LogP contribution < -0.4 is 4.74 Å². The highest BCUT2D eigenvalue weighted by Gasteiger charge is 2.09. The number of hydrogen-bond acceptors (Lipinski definition) is 4. The molecule has 3 aromatic carbocycles. The summed E-state index contributed by atoms with van der Waals surface area (Å²) >= 11 is 0. The zero-order chi connectivity index (χ0) is 18.4. The van der Waals surface area contributed by atoms with E-state index in [4.69, 9.17) is 14.7 Å². The Morgan fingerprint density at radius 2 is 1.46 bits per heavy atom. The average molecular weight is 343 g/mol. The highest BCUT2D eigenvalue weighted by molar-refractivity contribution is 5.91. The lowest BCUT2D eigenvalue weighted by atomic mass is 10.0. The van der Waals surface area contributed by atoms with Crippen LogP contribution >= 0.6 is 0 Å². The maximum absolute atomic E-state index is 12.2. The second kappa shape index (κ2) is 8.11. The molecule has 4 heteroatoms. The number of rotatable bonds is 5. The van der Waals surface area contributed by atoms with E-state index in [1.54, 1.807) is 43.5 Å². The normalized spacial score (nSPS) is 10.2. The van der Waals surface area contributed by atoms with E-state index in [9.17, 15) is 4.79 Å². The van der Waals surface area contributed by atoms with Gasteiger partial charge in [0.1, 0.15) is 5.75 Å². The molecule has 0 radical (unpaired) electrons. The summed E-state index contributed by atoms with van der Waals surface area (Å²) in [5.41, 5.74) is 4.18. The molecule has 0 spiro atoms. The van der Waals surface area contributed by atoms with Crippen molar-refractivity contribution in [3.05, 3.63) is 89.5 Å². The standard InChI is InChI=1S/C22H17NO3/c1-25-15-17-2-6-18(7-3-17)19-8-10-20(11-9-19)22(24)26-21-12-4-16(14-23)5-13-21/h2-13H,15H2,1H3. The minimum atomic E-state index is -0.434. The Morgan fingerprint density at radius 3 is 2.00 bits per heavy atom. The molecule has 0 aliphatic rings. The molecule has 4 nitrogen and oxygen atoms in total. The zero-order valence-electron chi connectivity index (χ0n) is 14.3. The van der Waals surface area contributed by atoms with E-state index in [0.717, 1.165) is 16.7 Å². The third kappa shape index (κ3) is 4.15. The van der Waals surface area contributed by atoms with Crippen LogP contribution in [0.2, 0.25) is 0 Å². The Hall–Kier alpha value is -3.42. The number of carbonyl (C=O) groups is 1. The summed E-state index contributed by atoms with van der Waals surface area (Å²) in [5.74, 6) is -0.0245. The van der Waals surface area contributed by atoms with Crippen LogP contribution in [0.15, 0.2) is 72.8 Å². The minimum absolute atomic E-state index is 0.409. The lowest BCUT2D eigenvalue weighted by molar-refractivity contribution is 0.0735. The van der Waals surface area contributed by atoms with E-state index >= 15 is 0 Å². The fourth-order valence-corrected chi connectivity index (χ4v) is 2.52. The van der Waals surface area contributed by atoms with Crippen LogP contribution in [0.25, 0.3) is 11.1 Å². The van der Waals surface area contributed by atoms with Crippen molar-refractivity contribution >= 4 is 5.97 Å². The van der Waals surface area contributed by atoms with Crippen LogP contribution in [0.1, 0.15) is 21.5 Å². The number of nitrogens with zero attached hydrogens (tertiary/aromatic N) is 1. The molecular formula is C22H17NO3. The van der Waals surface area contributed by atoms with Gasteiger partial charge in [-0.1, -0.05) is 36.4 Å². The zero-order valence-corrected chi connectivity index (χ0v) is 14.3. The van der Waals surface area contributed by atoms with Gasteiger partial charge in [0.05, 0.1) is 23.8 Å². The van der Waals surface area contributed by atoms with E-state index < -0.39 is 5.97 Å². The Balaban J connectivity index is 1.70. The molecule has 0 aliphatic carbocycles. The molecule has 0 saturated heterocycles. The first-order valence-corrected chi connectivity index (χ1v) is 8.10. The Labute approximate surface area is 152 Å². The topological polar surface area (TPSA) is 59.3 Å². The predicted octanol–water partition coefficient (Wildman–Crippen LogP) is 4.59. The second-order valence-electron chi connectivity index (χ2n) is 5.73. The van der Waals surface area contributed by atoms with E-state index in [-0.39, 0.29) is 0 Å². The molecule has 0 aliphatic heterocycles. The monoisotopic (exact) mass is 343 g/mol. The molecule has 3 rings (SSSR count). The molecule has 0 aromatic heterocycles. The van der Waals surface area contributed by atoms with Gasteiger partial charge in [0.25, 0.3) is 0 Å². The van der Waals surface area contributed by atoms with Gasteiger partial charge in [-0.2, -0.15) is 5.26 Å². The smallest absolute Gasteiger partial charge is 0.343 e. The molecule has 0 saturated carbocycles. The summed E-state index contributed by atoms with van der Waals surface area (Å²) < 4.78 is 10.4. The fourth-order valence-electron chi connectivity index (χ4n) is 2.52. The van der Waals surface area contributed by atoms with Gasteiger partial charge in [0, 0.05) is 7.11 Å². The van der Waals surface area contributed by atoms with Crippen molar-refractivity contribution in [1.29, 1.82) is 5.26 Å². The predicted molar refractivity (Wildman–Crippen MR) is 98.7 cm³/mol. The third-order valence-corrected chi connectivity index (χ3v) is 3.91. The van der Waals surface area contributed by atoms with Gasteiger partial charge in [-0.15, -0.1) is 0 Å². The van der Waals surface area contributed by atoms with E-state index in [1.807, 2.05) is 42.5 Å². The van der Waals surface area contributed by atoms with Crippen LogP contribution in [-0.4, -0.2) is 13.1 Å². The van der Waals surface area contributed by atoms with E-state index in [1.165, 1.54) is 0 Å². The summed E-state index contributed by atoms with van der Waals surface area (Å²) in [6.07, 6.45) is 0. The van der Waals surface area contributed by atoms with Crippen molar-refractivity contribution in [2.45, 2.75) is 6.61 Å². The Bertz CT molecular complexity index is 921. The largest absolute Gasteiger partial charge is 0.423 e. The second-order valence-corrected chi connectivity index (χ2v) is 5.73. The SMILES string of the molecule is COCc1ccc(-c2ccc(C(=O)Oc3ccc(C#N)cc3)cc2)cc1. The molecule has 0 amide bonds. The van der Waals surface area contributed by atoms with Crippen LogP contribution in [0, 0.1) is 11.3 Å². The highest BCUT2D eigenvalue weighted by atomic mass is 16.5. The van der Waals surface area contributed by atoms with Gasteiger partial charge >= 0.3 is 5.97 Å². The summed E-state index contributed by atoms with van der Waals surface area (Å²) in [4.78, 5) is 12.2. The van der Waals surface area contributed by atoms with Crippen molar-refractivity contribution < 1.29 is 14.3 Å².